The van der Waals surface area contributed by atoms with Gasteiger partial charge in [0.1, 0.15) is 0 Å². The summed E-state index contributed by atoms with van der Waals surface area (Å²) < 4.78 is 0. The molecule has 0 heterocycles. The maximum Gasteiger partial charge on any atom is 0.315 e. The maximum absolute atomic E-state index is 12.2. The van der Waals surface area contributed by atoms with Crippen molar-refractivity contribution < 1.29 is 4.79 Å². The Labute approximate surface area is 143 Å². The lowest BCUT2D eigenvalue weighted by atomic mass is 10.0. The Morgan fingerprint density at radius 2 is 1.71 bits per heavy atom. The van der Waals surface area contributed by atoms with E-state index in [1.165, 1.54) is 18.4 Å². The number of nitrogens with zero attached hydrogens (tertiary/aromatic N) is 1. The number of carbonyl (C=O) groups excluding carboxylic acids is 1. The highest BCUT2D eigenvalue weighted by molar-refractivity contribution is 5.74. The molecule has 1 aliphatic carbocycles. The Balaban J connectivity index is 1.46. The van der Waals surface area contributed by atoms with Crippen LogP contribution in [0.3, 0.4) is 0 Å². The highest BCUT2D eigenvalue weighted by Crippen LogP contribution is 2.40. The fraction of sp³-hybridized carbons (Fsp3) is 0.350. The summed E-state index contributed by atoms with van der Waals surface area (Å²) in [7, 11) is 2.03. The van der Waals surface area contributed by atoms with Crippen molar-refractivity contribution in [3.8, 4) is 0 Å². The molecule has 0 bridgehead atoms. The molecule has 0 aromatic heterocycles. The van der Waals surface area contributed by atoms with Crippen LogP contribution in [0.1, 0.15) is 24.4 Å². The fourth-order valence-corrected chi connectivity index (χ4v) is 2.90. The van der Waals surface area contributed by atoms with Gasteiger partial charge in [0.2, 0.25) is 0 Å². The van der Waals surface area contributed by atoms with Crippen molar-refractivity contribution in [2.24, 2.45) is 5.92 Å². The van der Waals surface area contributed by atoms with Crippen molar-refractivity contribution in [2.75, 3.05) is 25.0 Å². The molecule has 3 rings (SSSR count). The van der Waals surface area contributed by atoms with Crippen LogP contribution < -0.4 is 15.5 Å². The largest absolute Gasteiger partial charge is 0.373 e. The second kappa shape index (κ2) is 7.86. The van der Waals surface area contributed by atoms with Gasteiger partial charge in [0.05, 0.1) is 6.04 Å². The van der Waals surface area contributed by atoms with Crippen molar-refractivity contribution in [3.63, 3.8) is 0 Å². The number of amides is 2. The Morgan fingerprint density at radius 3 is 2.33 bits per heavy atom. The lowest BCUT2D eigenvalue weighted by Gasteiger charge is -2.21. The standard InChI is InChI=1S/C20H25N3O/c1-23(18-10-6-3-7-11-18)15-14-21-20(24)22-19(17-12-13-17)16-8-4-2-5-9-16/h2-11,17,19H,12-15H2,1H3,(H2,21,22,24). The third-order valence-electron chi connectivity index (χ3n) is 4.47. The number of hydrogen-bond donors (Lipinski definition) is 2. The Hall–Kier alpha value is -2.49. The number of carbonyl (C=O) groups is 1. The van der Waals surface area contributed by atoms with Gasteiger partial charge in [-0.2, -0.15) is 0 Å². The molecule has 1 atom stereocenters. The zero-order chi connectivity index (χ0) is 16.8. The van der Waals surface area contributed by atoms with Gasteiger partial charge in [-0.1, -0.05) is 48.5 Å². The molecular formula is C20H25N3O. The molecule has 24 heavy (non-hydrogen) atoms. The minimum absolute atomic E-state index is 0.0859. The molecule has 4 nitrogen and oxygen atoms in total. The number of benzene rings is 2. The van der Waals surface area contributed by atoms with E-state index < -0.39 is 0 Å². The number of urea groups is 1. The molecule has 0 saturated heterocycles. The number of para-hydroxylation sites is 1. The van der Waals surface area contributed by atoms with Crippen LogP contribution in [0.2, 0.25) is 0 Å². The average Bonchev–Trinajstić information content (AvgIpc) is 3.46. The summed E-state index contributed by atoms with van der Waals surface area (Å²) in [4.78, 5) is 14.4. The van der Waals surface area contributed by atoms with Crippen molar-refractivity contribution in [1.29, 1.82) is 0 Å². The first-order valence-corrected chi connectivity index (χ1v) is 8.59. The molecule has 0 aliphatic heterocycles. The molecule has 2 aromatic rings. The number of anilines is 1. The first-order valence-electron chi connectivity index (χ1n) is 8.59. The summed E-state index contributed by atoms with van der Waals surface area (Å²) >= 11 is 0. The maximum atomic E-state index is 12.2. The normalized spacial score (nSPS) is 14.7. The minimum Gasteiger partial charge on any atom is -0.373 e. The molecule has 4 heteroatoms. The van der Waals surface area contributed by atoms with Gasteiger partial charge in [-0.15, -0.1) is 0 Å². The van der Waals surface area contributed by atoms with E-state index in [9.17, 15) is 4.79 Å². The molecule has 126 valence electrons. The SMILES string of the molecule is CN(CCNC(=O)NC(c1ccccc1)C1CC1)c1ccccc1. The van der Waals surface area contributed by atoms with E-state index in [1.807, 2.05) is 43.4 Å². The van der Waals surface area contributed by atoms with Gasteiger partial charge in [0, 0.05) is 25.8 Å². The molecule has 0 radical (unpaired) electrons. The number of nitrogens with one attached hydrogen (secondary N) is 2. The molecule has 2 N–H and O–H groups in total. The first-order chi connectivity index (χ1) is 11.7. The second-order valence-corrected chi connectivity index (χ2v) is 6.38. The third-order valence-corrected chi connectivity index (χ3v) is 4.47. The van der Waals surface area contributed by atoms with E-state index in [2.05, 4.69) is 39.8 Å². The van der Waals surface area contributed by atoms with E-state index in [-0.39, 0.29) is 12.1 Å². The number of likely N-dealkylation sites (N-methyl/N-ethyl adjacent to an activating group) is 1. The van der Waals surface area contributed by atoms with Crippen LogP contribution in [-0.2, 0) is 0 Å². The van der Waals surface area contributed by atoms with Crippen LogP contribution in [0, 0.1) is 5.92 Å². The Kier molecular flexibility index (Phi) is 5.36. The zero-order valence-electron chi connectivity index (χ0n) is 14.1. The second-order valence-electron chi connectivity index (χ2n) is 6.38. The monoisotopic (exact) mass is 323 g/mol. The van der Waals surface area contributed by atoms with Crippen molar-refractivity contribution in [3.05, 3.63) is 66.2 Å². The lowest BCUT2D eigenvalue weighted by Crippen LogP contribution is -2.41. The van der Waals surface area contributed by atoms with Gasteiger partial charge in [0.25, 0.3) is 0 Å². The minimum atomic E-state index is -0.0859. The van der Waals surface area contributed by atoms with E-state index in [0.717, 1.165) is 12.2 Å². The predicted molar refractivity (Wildman–Crippen MR) is 98.2 cm³/mol. The van der Waals surface area contributed by atoms with E-state index in [1.54, 1.807) is 0 Å². The zero-order valence-corrected chi connectivity index (χ0v) is 14.1. The van der Waals surface area contributed by atoms with Crippen molar-refractivity contribution >= 4 is 11.7 Å². The molecule has 1 unspecified atom stereocenters. The average molecular weight is 323 g/mol. The van der Waals surface area contributed by atoms with Gasteiger partial charge in [0.15, 0.2) is 0 Å². The van der Waals surface area contributed by atoms with Crippen LogP contribution in [0.5, 0.6) is 0 Å². The summed E-state index contributed by atoms with van der Waals surface area (Å²) in [6.45, 7) is 1.39. The molecular weight excluding hydrogens is 298 g/mol. The van der Waals surface area contributed by atoms with Gasteiger partial charge in [-0.3, -0.25) is 0 Å². The van der Waals surface area contributed by atoms with Gasteiger partial charge >= 0.3 is 6.03 Å². The summed E-state index contributed by atoms with van der Waals surface area (Å²) in [5, 5.41) is 6.11. The quantitative estimate of drug-likeness (QED) is 0.818. The third kappa shape index (κ3) is 4.51. The summed E-state index contributed by atoms with van der Waals surface area (Å²) in [5.41, 5.74) is 2.34. The highest BCUT2D eigenvalue weighted by atomic mass is 16.2. The Morgan fingerprint density at radius 1 is 1.08 bits per heavy atom. The summed E-state index contributed by atoms with van der Waals surface area (Å²) in [5.74, 6) is 0.574. The van der Waals surface area contributed by atoms with Crippen molar-refractivity contribution in [2.45, 2.75) is 18.9 Å². The first kappa shape index (κ1) is 16.4. The van der Waals surface area contributed by atoms with Gasteiger partial charge in [-0.05, 0) is 36.5 Å². The molecule has 0 spiro atoms. The lowest BCUT2D eigenvalue weighted by molar-refractivity contribution is 0.235. The van der Waals surface area contributed by atoms with Crippen LogP contribution in [0.4, 0.5) is 10.5 Å². The highest BCUT2D eigenvalue weighted by Gasteiger charge is 2.33. The summed E-state index contributed by atoms with van der Waals surface area (Å²) in [6.07, 6.45) is 2.38. The predicted octanol–water partition coefficient (Wildman–Crippen LogP) is 3.57. The van der Waals surface area contributed by atoms with Crippen molar-refractivity contribution in [1.82, 2.24) is 10.6 Å². The molecule has 2 amide bonds. The number of hydrogen-bond acceptors (Lipinski definition) is 2. The molecule has 1 saturated carbocycles. The van der Waals surface area contributed by atoms with Crippen LogP contribution >= 0.6 is 0 Å². The summed E-state index contributed by atoms with van der Waals surface area (Å²) in [6, 6.07) is 20.5. The molecule has 1 aliphatic rings. The molecule has 1 fully saturated rings. The Bertz CT molecular complexity index is 640. The van der Waals surface area contributed by atoms with Crippen LogP contribution in [0.15, 0.2) is 60.7 Å². The van der Waals surface area contributed by atoms with Gasteiger partial charge < -0.3 is 15.5 Å². The number of rotatable bonds is 7. The fourth-order valence-electron chi connectivity index (χ4n) is 2.90. The van der Waals surface area contributed by atoms with E-state index in [0.29, 0.717) is 12.5 Å². The topological polar surface area (TPSA) is 44.4 Å². The van der Waals surface area contributed by atoms with E-state index in [4.69, 9.17) is 0 Å². The smallest absolute Gasteiger partial charge is 0.315 e. The molecule has 2 aromatic carbocycles. The van der Waals surface area contributed by atoms with E-state index >= 15 is 0 Å². The van der Waals surface area contributed by atoms with Crippen LogP contribution in [0.25, 0.3) is 0 Å². The van der Waals surface area contributed by atoms with Gasteiger partial charge in [-0.25, -0.2) is 4.79 Å². The van der Waals surface area contributed by atoms with Crippen LogP contribution in [-0.4, -0.2) is 26.2 Å².